The minimum absolute atomic E-state index is 0.261. The number of rotatable bonds is 3. The van der Waals surface area contributed by atoms with Gasteiger partial charge < -0.3 is 5.32 Å². The van der Waals surface area contributed by atoms with Gasteiger partial charge in [0.25, 0.3) is 5.91 Å². The third-order valence-corrected chi connectivity index (χ3v) is 4.54. The molecule has 0 aromatic heterocycles. The van der Waals surface area contributed by atoms with Crippen LogP contribution in [0.2, 0.25) is 0 Å². The summed E-state index contributed by atoms with van der Waals surface area (Å²) in [4.78, 5) is 12.2. The second kappa shape index (κ2) is 6.23. The van der Waals surface area contributed by atoms with Gasteiger partial charge in [0.1, 0.15) is 5.82 Å². The van der Waals surface area contributed by atoms with Crippen LogP contribution in [0.1, 0.15) is 42.5 Å². The molecule has 1 amide bonds. The van der Waals surface area contributed by atoms with E-state index >= 15 is 0 Å². The normalized spacial score (nSPS) is 18.1. The van der Waals surface area contributed by atoms with Gasteiger partial charge in [-0.1, -0.05) is 35.2 Å². The molecule has 1 fully saturated rings. The van der Waals surface area contributed by atoms with Gasteiger partial charge in [-0.15, -0.1) is 11.6 Å². The standard InChI is InChI=1S/C14H16BrClFNO/c15-11-6-10(7-12(17)8-11)13(19)18-14(9-16)4-2-1-3-5-14/h6-8H,1-5,9H2,(H,18,19). The van der Waals surface area contributed by atoms with Gasteiger partial charge in [-0.25, -0.2) is 4.39 Å². The van der Waals surface area contributed by atoms with E-state index in [1.165, 1.54) is 18.6 Å². The molecule has 1 saturated carbocycles. The van der Waals surface area contributed by atoms with Gasteiger partial charge in [0.2, 0.25) is 0 Å². The van der Waals surface area contributed by atoms with Crippen molar-refractivity contribution in [2.24, 2.45) is 0 Å². The quantitative estimate of drug-likeness (QED) is 0.813. The topological polar surface area (TPSA) is 29.1 Å². The Hall–Kier alpha value is -0.610. The van der Waals surface area contributed by atoms with Gasteiger partial charge in [0, 0.05) is 15.9 Å². The molecule has 2 rings (SSSR count). The van der Waals surface area contributed by atoms with Gasteiger partial charge in [-0.05, 0) is 31.0 Å². The maximum Gasteiger partial charge on any atom is 0.251 e. The number of carbonyl (C=O) groups excluding carboxylic acids is 1. The van der Waals surface area contributed by atoms with E-state index in [9.17, 15) is 9.18 Å². The van der Waals surface area contributed by atoms with Crippen molar-refractivity contribution in [3.63, 3.8) is 0 Å². The number of nitrogens with one attached hydrogen (secondary N) is 1. The van der Waals surface area contributed by atoms with Crippen molar-refractivity contribution in [3.05, 3.63) is 34.1 Å². The summed E-state index contributed by atoms with van der Waals surface area (Å²) in [6.45, 7) is 0. The summed E-state index contributed by atoms with van der Waals surface area (Å²) >= 11 is 9.22. The molecule has 2 nitrogen and oxygen atoms in total. The van der Waals surface area contributed by atoms with Gasteiger partial charge in [-0.3, -0.25) is 4.79 Å². The predicted octanol–water partition coefficient (Wildman–Crippen LogP) is 4.26. The molecule has 19 heavy (non-hydrogen) atoms. The lowest BCUT2D eigenvalue weighted by molar-refractivity contribution is 0.0884. The van der Waals surface area contributed by atoms with Gasteiger partial charge in [0.15, 0.2) is 0 Å². The van der Waals surface area contributed by atoms with Crippen LogP contribution >= 0.6 is 27.5 Å². The van der Waals surface area contributed by atoms with Crippen LogP contribution in [-0.4, -0.2) is 17.3 Å². The molecule has 1 aliphatic carbocycles. The van der Waals surface area contributed by atoms with Crippen molar-refractivity contribution in [2.75, 3.05) is 5.88 Å². The Morgan fingerprint density at radius 2 is 2.00 bits per heavy atom. The maximum absolute atomic E-state index is 13.3. The van der Waals surface area contributed by atoms with Crippen LogP contribution in [0.25, 0.3) is 0 Å². The molecule has 0 bridgehead atoms. The third-order valence-electron chi connectivity index (χ3n) is 3.57. The minimum atomic E-state index is -0.428. The minimum Gasteiger partial charge on any atom is -0.345 e. The SMILES string of the molecule is O=C(NC1(CCl)CCCCC1)c1cc(F)cc(Br)c1. The van der Waals surface area contributed by atoms with Crippen LogP contribution in [0.4, 0.5) is 4.39 Å². The molecule has 1 aliphatic rings. The lowest BCUT2D eigenvalue weighted by Crippen LogP contribution is -2.51. The fraction of sp³-hybridized carbons (Fsp3) is 0.500. The molecule has 0 radical (unpaired) electrons. The first kappa shape index (κ1) is 14.8. The second-order valence-corrected chi connectivity index (χ2v) is 6.27. The van der Waals surface area contributed by atoms with Crippen molar-refractivity contribution in [1.82, 2.24) is 5.32 Å². The largest absolute Gasteiger partial charge is 0.345 e. The van der Waals surface area contributed by atoms with Gasteiger partial charge >= 0.3 is 0 Å². The zero-order valence-corrected chi connectivity index (χ0v) is 12.9. The Kier molecular flexibility index (Phi) is 4.85. The van der Waals surface area contributed by atoms with Gasteiger partial charge in [-0.2, -0.15) is 0 Å². The lowest BCUT2D eigenvalue weighted by atomic mass is 9.83. The molecule has 0 unspecified atom stereocenters. The van der Waals surface area contributed by atoms with E-state index in [2.05, 4.69) is 21.2 Å². The number of amides is 1. The van der Waals surface area contributed by atoms with E-state index in [4.69, 9.17) is 11.6 Å². The highest BCUT2D eigenvalue weighted by molar-refractivity contribution is 9.10. The molecule has 0 saturated heterocycles. The van der Waals surface area contributed by atoms with E-state index in [0.29, 0.717) is 15.9 Å². The van der Waals surface area contributed by atoms with Crippen molar-refractivity contribution >= 4 is 33.4 Å². The third kappa shape index (κ3) is 3.69. The van der Waals surface area contributed by atoms with Gasteiger partial charge in [0.05, 0.1) is 5.54 Å². The Labute approximate surface area is 125 Å². The number of carbonyl (C=O) groups is 1. The molecular formula is C14H16BrClFNO. The highest BCUT2D eigenvalue weighted by atomic mass is 79.9. The molecule has 104 valence electrons. The highest BCUT2D eigenvalue weighted by Crippen LogP contribution is 2.29. The molecule has 1 aromatic carbocycles. The maximum atomic E-state index is 13.3. The first-order valence-corrected chi connectivity index (χ1v) is 7.72. The smallest absolute Gasteiger partial charge is 0.251 e. The Balaban J connectivity index is 2.15. The van der Waals surface area contributed by atoms with E-state index in [0.717, 1.165) is 25.7 Å². The van der Waals surface area contributed by atoms with Crippen LogP contribution in [0, 0.1) is 5.82 Å². The Bertz CT molecular complexity index is 454. The van der Waals surface area contributed by atoms with Crippen molar-refractivity contribution in [1.29, 1.82) is 0 Å². The number of hydrogen-bond donors (Lipinski definition) is 1. The number of halogens is 3. The molecule has 1 N–H and O–H groups in total. The molecule has 5 heteroatoms. The lowest BCUT2D eigenvalue weighted by Gasteiger charge is -2.36. The molecule has 0 spiro atoms. The van der Waals surface area contributed by atoms with Crippen LogP contribution in [-0.2, 0) is 0 Å². The van der Waals surface area contributed by atoms with E-state index in [1.54, 1.807) is 6.07 Å². The summed E-state index contributed by atoms with van der Waals surface area (Å²) in [7, 11) is 0. The fourth-order valence-electron chi connectivity index (χ4n) is 2.52. The average molecular weight is 349 g/mol. The number of alkyl halides is 1. The Morgan fingerprint density at radius 1 is 1.32 bits per heavy atom. The first-order chi connectivity index (χ1) is 9.04. The fourth-order valence-corrected chi connectivity index (χ4v) is 3.32. The molecule has 0 heterocycles. The van der Waals surface area contributed by atoms with Crippen LogP contribution in [0.5, 0.6) is 0 Å². The summed E-state index contributed by atoms with van der Waals surface area (Å²) in [5.74, 6) is -0.291. The molecule has 1 aromatic rings. The van der Waals surface area contributed by atoms with Crippen LogP contribution < -0.4 is 5.32 Å². The van der Waals surface area contributed by atoms with Crippen molar-refractivity contribution < 1.29 is 9.18 Å². The first-order valence-electron chi connectivity index (χ1n) is 6.39. The predicted molar refractivity (Wildman–Crippen MR) is 78.1 cm³/mol. The van der Waals surface area contributed by atoms with E-state index < -0.39 is 5.82 Å². The zero-order valence-electron chi connectivity index (χ0n) is 10.5. The number of hydrogen-bond acceptors (Lipinski definition) is 1. The van der Waals surface area contributed by atoms with Crippen molar-refractivity contribution in [3.8, 4) is 0 Å². The summed E-state index contributed by atoms with van der Waals surface area (Å²) in [6.07, 6.45) is 5.09. The van der Waals surface area contributed by atoms with Crippen LogP contribution in [0.3, 0.4) is 0 Å². The number of benzene rings is 1. The van der Waals surface area contributed by atoms with E-state index in [1.807, 2.05) is 0 Å². The van der Waals surface area contributed by atoms with Crippen LogP contribution in [0.15, 0.2) is 22.7 Å². The van der Waals surface area contributed by atoms with E-state index in [-0.39, 0.29) is 11.4 Å². The molecular weight excluding hydrogens is 333 g/mol. The Morgan fingerprint density at radius 3 is 2.58 bits per heavy atom. The average Bonchev–Trinajstić information content (AvgIpc) is 2.38. The monoisotopic (exact) mass is 347 g/mol. The van der Waals surface area contributed by atoms with Crippen molar-refractivity contribution in [2.45, 2.75) is 37.6 Å². The second-order valence-electron chi connectivity index (χ2n) is 5.09. The highest BCUT2D eigenvalue weighted by Gasteiger charge is 2.33. The molecule has 0 atom stereocenters. The summed E-state index contributed by atoms with van der Waals surface area (Å²) in [5.41, 5.74) is -0.0164. The zero-order chi connectivity index (χ0) is 13.9. The summed E-state index contributed by atoms with van der Waals surface area (Å²) < 4.78 is 13.9. The summed E-state index contributed by atoms with van der Waals surface area (Å²) in [6, 6.07) is 4.18. The summed E-state index contributed by atoms with van der Waals surface area (Å²) in [5, 5.41) is 2.99. The molecule has 0 aliphatic heterocycles.